The minimum atomic E-state index is -1.24. The van der Waals surface area contributed by atoms with Crippen LogP contribution in [0.25, 0.3) is 10.9 Å². The fraction of sp³-hybridized carbons (Fsp3) is 0.524. The zero-order valence-corrected chi connectivity index (χ0v) is 16.8. The van der Waals surface area contributed by atoms with E-state index in [1.54, 1.807) is 23.8 Å². The number of aromatic carboxylic acids is 1. The number of ether oxygens (including phenoxy) is 1. The van der Waals surface area contributed by atoms with Crippen LogP contribution in [0.3, 0.4) is 0 Å². The molecule has 2 aromatic rings. The Bertz CT molecular complexity index is 946. The van der Waals surface area contributed by atoms with Crippen LogP contribution in [-0.2, 0) is 6.54 Å². The number of hydrogen-bond donors (Lipinski definition) is 3. The van der Waals surface area contributed by atoms with Crippen LogP contribution in [0.1, 0.15) is 36.5 Å². The molecule has 0 amide bonds. The molecule has 2 heterocycles. The molecule has 3 rings (SSSR count). The number of hydrogen-bond acceptors (Lipinski definition) is 6. The van der Waals surface area contributed by atoms with Gasteiger partial charge in [0.1, 0.15) is 5.56 Å². The molecule has 8 heteroatoms. The second-order valence-corrected chi connectivity index (χ2v) is 7.46. The van der Waals surface area contributed by atoms with Gasteiger partial charge in [0.25, 0.3) is 0 Å². The number of aliphatic hydroxyl groups is 2. The second kappa shape index (κ2) is 8.84. The first-order valence-corrected chi connectivity index (χ1v) is 9.94. The largest absolute Gasteiger partial charge is 0.492 e. The molecule has 0 spiro atoms. The smallest absolute Gasteiger partial charge is 0.341 e. The van der Waals surface area contributed by atoms with Crippen molar-refractivity contribution in [1.29, 1.82) is 0 Å². The molecule has 158 valence electrons. The molecule has 0 aliphatic carbocycles. The van der Waals surface area contributed by atoms with Crippen molar-refractivity contribution in [1.82, 2.24) is 4.57 Å². The van der Waals surface area contributed by atoms with E-state index in [9.17, 15) is 24.9 Å². The van der Waals surface area contributed by atoms with Crippen molar-refractivity contribution in [3.8, 4) is 5.75 Å². The molecule has 0 bridgehead atoms. The van der Waals surface area contributed by atoms with Crippen molar-refractivity contribution in [2.45, 2.75) is 38.8 Å². The van der Waals surface area contributed by atoms with Crippen LogP contribution in [0.2, 0.25) is 0 Å². The maximum Gasteiger partial charge on any atom is 0.341 e. The van der Waals surface area contributed by atoms with Gasteiger partial charge in [-0.15, -0.1) is 0 Å². The highest BCUT2D eigenvalue weighted by atomic mass is 16.5. The van der Waals surface area contributed by atoms with Gasteiger partial charge in [-0.05, 0) is 37.3 Å². The summed E-state index contributed by atoms with van der Waals surface area (Å²) in [7, 11) is 1.55. The van der Waals surface area contributed by atoms with E-state index in [0.717, 1.165) is 24.9 Å². The molecule has 1 saturated heterocycles. The Hall–Kier alpha value is -2.58. The number of carboxylic acid groups (broad SMARTS) is 1. The van der Waals surface area contributed by atoms with E-state index in [-0.39, 0.29) is 18.1 Å². The number of aryl methyl sites for hydroxylation is 1. The highest BCUT2D eigenvalue weighted by molar-refractivity contribution is 5.96. The zero-order valence-electron chi connectivity index (χ0n) is 16.8. The van der Waals surface area contributed by atoms with Gasteiger partial charge in [-0.3, -0.25) is 4.79 Å². The summed E-state index contributed by atoms with van der Waals surface area (Å²) >= 11 is 0. The third kappa shape index (κ3) is 3.95. The van der Waals surface area contributed by atoms with Gasteiger partial charge in [0.05, 0.1) is 36.4 Å². The monoisotopic (exact) mass is 404 g/mol. The lowest BCUT2D eigenvalue weighted by Crippen LogP contribution is -2.39. The number of nitrogens with zero attached hydrogens (tertiary/aromatic N) is 2. The van der Waals surface area contributed by atoms with Crippen LogP contribution < -0.4 is 15.1 Å². The standard InChI is InChI=1S/C21H28N2O6/c1-3-8-23-11-15(21(27)28)19(26)14-4-5-16(20(29-2)18(14)23)22-9-6-13(7-10-22)17(25)12-24/h4-5,11,13,17,24-25H,3,6-10,12H2,1-2H3,(H,27,28). The van der Waals surface area contributed by atoms with Crippen molar-refractivity contribution >= 4 is 22.6 Å². The predicted octanol–water partition coefficient (Wildman–Crippen LogP) is 1.69. The van der Waals surface area contributed by atoms with E-state index in [4.69, 9.17) is 4.74 Å². The molecule has 1 aliphatic rings. The Morgan fingerprint density at radius 1 is 1.31 bits per heavy atom. The number of rotatable bonds is 7. The lowest BCUT2D eigenvalue weighted by molar-refractivity contribution is 0.0376. The maximum absolute atomic E-state index is 12.7. The first kappa shape index (κ1) is 21.1. The summed E-state index contributed by atoms with van der Waals surface area (Å²) < 4.78 is 7.49. The maximum atomic E-state index is 12.7. The van der Waals surface area contributed by atoms with Crippen LogP contribution in [0.5, 0.6) is 5.75 Å². The summed E-state index contributed by atoms with van der Waals surface area (Å²) in [6.07, 6.45) is 2.94. The number of pyridine rings is 1. The summed E-state index contributed by atoms with van der Waals surface area (Å²) in [5.74, 6) is -0.639. The van der Waals surface area contributed by atoms with Crippen LogP contribution in [0.15, 0.2) is 23.1 Å². The summed E-state index contributed by atoms with van der Waals surface area (Å²) in [6, 6.07) is 3.47. The predicted molar refractivity (Wildman–Crippen MR) is 110 cm³/mol. The molecule has 1 unspecified atom stereocenters. The first-order valence-electron chi connectivity index (χ1n) is 9.94. The van der Waals surface area contributed by atoms with Crippen LogP contribution in [0, 0.1) is 5.92 Å². The Morgan fingerprint density at radius 2 is 2.00 bits per heavy atom. The number of carboxylic acids is 1. The molecule has 29 heavy (non-hydrogen) atoms. The quantitative estimate of drug-likeness (QED) is 0.644. The number of benzene rings is 1. The normalized spacial score (nSPS) is 16.2. The number of anilines is 1. The highest BCUT2D eigenvalue weighted by Crippen LogP contribution is 2.37. The van der Waals surface area contributed by atoms with E-state index < -0.39 is 17.5 Å². The van der Waals surface area contributed by atoms with Gasteiger partial charge in [-0.2, -0.15) is 0 Å². The van der Waals surface area contributed by atoms with E-state index >= 15 is 0 Å². The Kier molecular flexibility index (Phi) is 6.44. The summed E-state index contributed by atoms with van der Waals surface area (Å²) in [4.78, 5) is 26.4. The Morgan fingerprint density at radius 3 is 2.55 bits per heavy atom. The fourth-order valence-corrected chi connectivity index (χ4v) is 4.15. The molecular formula is C21H28N2O6. The molecule has 1 atom stereocenters. The topological polar surface area (TPSA) is 112 Å². The third-order valence-corrected chi connectivity index (χ3v) is 5.68. The Labute approximate surface area is 168 Å². The van der Waals surface area contributed by atoms with Crippen molar-refractivity contribution in [3.63, 3.8) is 0 Å². The van der Waals surface area contributed by atoms with Crippen molar-refractivity contribution in [3.05, 3.63) is 34.1 Å². The summed E-state index contributed by atoms with van der Waals surface area (Å²) in [5.41, 5.74) is 0.665. The summed E-state index contributed by atoms with van der Waals surface area (Å²) in [6.45, 7) is 3.68. The fourth-order valence-electron chi connectivity index (χ4n) is 4.15. The molecule has 1 aromatic heterocycles. The minimum absolute atomic E-state index is 0.0547. The Balaban J connectivity index is 2.09. The van der Waals surface area contributed by atoms with Crippen LogP contribution in [0.4, 0.5) is 5.69 Å². The number of carbonyl (C=O) groups is 1. The molecule has 3 N–H and O–H groups in total. The van der Waals surface area contributed by atoms with Crippen molar-refractivity contribution in [2.75, 3.05) is 31.7 Å². The van der Waals surface area contributed by atoms with Gasteiger partial charge in [0.15, 0.2) is 5.75 Å². The van der Waals surface area contributed by atoms with Crippen molar-refractivity contribution in [2.24, 2.45) is 5.92 Å². The molecule has 8 nitrogen and oxygen atoms in total. The molecule has 1 fully saturated rings. The number of aromatic nitrogens is 1. The SMILES string of the molecule is CCCn1cc(C(=O)O)c(=O)c2ccc(N3CCC(C(O)CO)CC3)c(OC)c21. The number of aliphatic hydroxyl groups excluding tert-OH is 2. The van der Waals surface area contributed by atoms with E-state index in [2.05, 4.69) is 4.90 Å². The lowest BCUT2D eigenvalue weighted by Gasteiger charge is -2.36. The van der Waals surface area contributed by atoms with Crippen LogP contribution >= 0.6 is 0 Å². The molecule has 0 saturated carbocycles. The second-order valence-electron chi connectivity index (χ2n) is 7.46. The molecule has 1 aliphatic heterocycles. The van der Waals surface area contributed by atoms with E-state index in [1.165, 1.54) is 6.20 Å². The summed E-state index contributed by atoms with van der Waals surface area (Å²) in [5, 5.41) is 28.8. The van der Waals surface area contributed by atoms with Gasteiger partial charge < -0.3 is 29.5 Å². The van der Waals surface area contributed by atoms with Gasteiger partial charge in [-0.1, -0.05) is 6.92 Å². The van der Waals surface area contributed by atoms with E-state index in [1.807, 2.05) is 6.92 Å². The highest BCUT2D eigenvalue weighted by Gasteiger charge is 2.27. The van der Waals surface area contributed by atoms with Gasteiger partial charge >= 0.3 is 5.97 Å². The van der Waals surface area contributed by atoms with Gasteiger partial charge in [-0.25, -0.2) is 4.79 Å². The average molecular weight is 404 g/mol. The lowest BCUT2D eigenvalue weighted by atomic mass is 9.91. The van der Waals surface area contributed by atoms with E-state index in [0.29, 0.717) is 36.3 Å². The number of piperidine rings is 1. The molecule has 1 aromatic carbocycles. The van der Waals surface area contributed by atoms with Crippen molar-refractivity contribution < 1.29 is 24.9 Å². The van der Waals surface area contributed by atoms with Gasteiger partial charge in [0, 0.05) is 25.8 Å². The average Bonchev–Trinajstić information content (AvgIpc) is 2.74. The molecular weight excluding hydrogens is 376 g/mol. The first-order chi connectivity index (χ1) is 13.9. The zero-order chi connectivity index (χ0) is 21.1. The van der Waals surface area contributed by atoms with Gasteiger partial charge in [0.2, 0.25) is 5.43 Å². The molecule has 0 radical (unpaired) electrons. The number of fused-ring (bicyclic) bond motifs is 1. The third-order valence-electron chi connectivity index (χ3n) is 5.68. The number of methoxy groups -OCH3 is 1. The van der Waals surface area contributed by atoms with Crippen LogP contribution in [-0.4, -0.2) is 58.8 Å². The minimum Gasteiger partial charge on any atom is -0.492 e.